The number of hydrogen-bond acceptors (Lipinski definition) is 0. The molecule has 0 atom stereocenters. The van der Waals surface area contributed by atoms with Gasteiger partial charge >= 0.3 is 0 Å². The summed E-state index contributed by atoms with van der Waals surface area (Å²) in [5.41, 5.74) is 0. The maximum Gasteiger partial charge on any atom is -0.0166 e. The zero-order valence-corrected chi connectivity index (χ0v) is 8.60. The van der Waals surface area contributed by atoms with Gasteiger partial charge in [0, 0.05) is 0 Å². The lowest BCUT2D eigenvalue weighted by molar-refractivity contribution is 1.26. The van der Waals surface area contributed by atoms with Gasteiger partial charge < -0.3 is 0 Å². The monoisotopic (exact) mass is 186 g/mol. The van der Waals surface area contributed by atoms with Crippen LogP contribution in [0.25, 0.3) is 0 Å². The fourth-order valence-corrected chi connectivity index (χ4v) is 1.21. The molecule has 1 rings (SSSR count). The van der Waals surface area contributed by atoms with Gasteiger partial charge in [-0.25, -0.2) is 0 Å². The van der Waals surface area contributed by atoms with E-state index in [1.54, 1.807) is 0 Å². The highest BCUT2D eigenvalue weighted by atomic mass is 13.8. The van der Waals surface area contributed by atoms with Crippen molar-refractivity contribution in [1.82, 2.24) is 0 Å². The Morgan fingerprint density at radius 3 is 1.00 bits per heavy atom. The van der Waals surface area contributed by atoms with Crippen molar-refractivity contribution < 1.29 is 0 Å². The summed E-state index contributed by atoms with van der Waals surface area (Å²) in [6.45, 7) is 0. The third kappa shape index (κ3) is 6.24. The average molecular weight is 186 g/mol. The summed E-state index contributed by atoms with van der Waals surface area (Å²) < 4.78 is 0. The quantitative estimate of drug-likeness (QED) is 0.494. The summed E-state index contributed by atoms with van der Waals surface area (Å²) in [5, 5.41) is 0. The molecule has 0 amide bonds. The smallest absolute Gasteiger partial charge is 0.0166 e. The Morgan fingerprint density at radius 1 is 0.357 bits per heavy atom. The molecular formula is C14H18. The topological polar surface area (TPSA) is 0 Å². The zero-order valence-electron chi connectivity index (χ0n) is 8.60. The van der Waals surface area contributed by atoms with Crippen LogP contribution < -0.4 is 0 Å². The van der Waals surface area contributed by atoms with E-state index in [9.17, 15) is 0 Å². The normalized spacial score (nSPS) is 25.1. The summed E-state index contributed by atoms with van der Waals surface area (Å²) in [6, 6.07) is 0. The van der Waals surface area contributed by atoms with Crippen LogP contribution in [-0.2, 0) is 0 Å². The maximum absolute atomic E-state index is 2.21. The molecule has 0 fully saturated rings. The van der Waals surface area contributed by atoms with Crippen LogP contribution >= 0.6 is 0 Å². The summed E-state index contributed by atoms with van der Waals surface area (Å²) in [5.74, 6) is 0. The largest absolute Gasteiger partial charge is 0.0844 e. The van der Waals surface area contributed by atoms with Crippen molar-refractivity contribution in [3.8, 4) is 0 Å². The van der Waals surface area contributed by atoms with Gasteiger partial charge in [-0.3, -0.25) is 0 Å². The van der Waals surface area contributed by atoms with Gasteiger partial charge in [-0.2, -0.15) is 0 Å². The van der Waals surface area contributed by atoms with Crippen LogP contribution in [0, 0.1) is 0 Å². The van der Waals surface area contributed by atoms with Crippen LogP contribution in [0.3, 0.4) is 0 Å². The van der Waals surface area contributed by atoms with Crippen molar-refractivity contribution in [3.63, 3.8) is 0 Å². The van der Waals surface area contributed by atoms with E-state index in [-0.39, 0.29) is 0 Å². The molecule has 1 aliphatic rings. The Hall–Kier alpha value is -1.30. The molecule has 0 N–H and O–H groups in total. The molecule has 0 unspecified atom stereocenters. The first-order valence-corrected chi connectivity index (χ1v) is 5.27. The molecule has 0 saturated carbocycles. The number of allylic oxidation sites excluding steroid dienone is 10. The van der Waals surface area contributed by atoms with Crippen molar-refractivity contribution in [2.24, 2.45) is 0 Å². The van der Waals surface area contributed by atoms with Gasteiger partial charge in [-0.15, -0.1) is 0 Å². The first-order chi connectivity index (χ1) is 7.00. The molecule has 0 saturated heterocycles. The van der Waals surface area contributed by atoms with Gasteiger partial charge in [-0.05, 0) is 25.7 Å². The Kier molecular flexibility index (Phi) is 6.39. The van der Waals surface area contributed by atoms with E-state index < -0.39 is 0 Å². The Labute approximate surface area is 87.0 Å². The molecule has 0 heterocycles. The van der Waals surface area contributed by atoms with E-state index in [4.69, 9.17) is 0 Å². The second-order valence-corrected chi connectivity index (χ2v) is 3.21. The molecule has 1 aliphatic carbocycles. The molecule has 0 bridgehead atoms. The molecule has 14 heavy (non-hydrogen) atoms. The second-order valence-electron chi connectivity index (χ2n) is 3.21. The third-order valence-corrected chi connectivity index (χ3v) is 1.97. The van der Waals surface area contributed by atoms with E-state index in [2.05, 4.69) is 60.8 Å². The van der Waals surface area contributed by atoms with Gasteiger partial charge in [0.15, 0.2) is 0 Å². The van der Waals surface area contributed by atoms with E-state index in [1.165, 1.54) is 0 Å². The Bertz CT molecular complexity index is 234. The first kappa shape index (κ1) is 10.8. The standard InChI is InChI=1S/C14H18/c1-2-4-6-8-10-12-14-13-11-9-7-5-3-1/h1-4,7-10,13-14H,5-6,11-12H2/b3-1?,4-2?,9-7-,10-8+,14-13+. The maximum atomic E-state index is 2.21. The van der Waals surface area contributed by atoms with Crippen molar-refractivity contribution >= 4 is 0 Å². The van der Waals surface area contributed by atoms with Gasteiger partial charge in [-0.1, -0.05) is 60.8 Å². The Balaban J connectivity index is 2.45. The highest BCUT2D eigenvalue weighted by molar-refractivity contribution is 5.08. The predicted molar refractivity (Wildman–Crippen MR) is 64.2 cm³/mol. The van der Waals surface area contributed by atoms with E-state index in [0.717, 1.165) is 25.7 Å². The summed E-state index contributed by atoms with van der Waals surface area (Å²) in [7, 11) is 0. The molecule has 0 aromatic heterocycles. The average Bonchev–Trinajstić information content (AvgIpc) is 2.22. The van der Waals surface area contributed by atoms with Crippen LogP contribution in [0.4, 0.5) is 0 Å². The molecule has 0 radical (unpaired) electrons. The van der Waals surface area contributed by atoms with Crippen LogP contribution in [0.2, 0.25) is 0 Å². The van der Waals surface area contributed by atoms with Crippen LogP contribution in [-0.4, -0.2) is 0 Å². The third-order valence-electron chi connectivity index (χ3n) is 1.97. The lowest BCUT2D eigenvalue weighted by Gasteiger charge is -1.86. The van der Waals surface area contributed by atoms with E-state index >= 15 is 0 Å². The molecular weight excluding hydrogens is 168 g/mol. The minimum atomic E-state index is 1.04. The van der Waals surface area contributed by atoms with Gasteiger partial charge in [0.25, 0.3) is 0 Å². The number of rotatable bonds is 0. The molecule has 0 nitrogen and oxygen atoms in total. The summed E-state index contributed by atoms with van der Waals surface area (Å²) in [4.78, 5) is 0. The van der Waals surface area contributed by atoms with Gasteiger partial charge in [0.05, 0.1) is 0 Å². The molecule has 0 aliphatic heterocycles. The highest BCUT2D eigenvalue weighted by Gasteiger charge is 1.75. The zero-order chi connectivity index (χ0) is 9.90. The SMILES string of the molecule is C1=CC/C=C\C/C=C/C/C=C/CC=C1. The first-order valence-electron chi connectivity index (χ1n) is 5.27. The molecule has 0 heteroatoms. The van der Waals surface area contributed by atoms with Crippen LogP contribution in [0.1, 0.15) is 25.7 Å². The van der Waals surface area contributed by atoms with E-state index in [0.29, 0.717) is 0 Å². The van der Waals surface area contributed by atoms with E-state index in [1.807, 2.05) is 0 Å². The lowest BCUT2D eigenvalue weighted by Crippen LogP contribution is -1.65. The molecule has 0 aromatic carbocycles. The fraction of sp³-hybridized carbons (Fsp3) is 0.286. The predicted octanol–water partition coefficient (Wildman–Crippen LogP) is 4.34. The highest BCUT2D eigenvalue weighted by Crippen LogP contribution is 1.96. The van der Waals surface area contributed by atoms with Crippen LogP contribution in [0.5, 0.6) is 0 Å². The summed E-state index contributed by atoms with van der Waals surface area (Å²) in [6.07, 6.45) is 26.0. The van der Waals surface area contributed by atoms with Gasteiger partial charge in [0.2, 0.25) is 0 Å². The number of hydrogen-bond donors (Lipinski definition) is 0. The minimum Gasteiger partial charge on any atom is -0.0844 e. The summed E-state index contributed by atoms with van der Waals surface area (Å²) >= 11 is 0. The van der Waals surface area contributed by atoms with Crippen LogP contribution in [0.15, 0.2) is 60.8 Å². The Morgan fingerprint density at radius 2 is 0.643 bits per heavy atom. The molecule has 0 aromatic rings. The van der Waals surface area contributed by atoms with Crippen molar-refractivity contribution in [2.45, 2.75) is 25.7 Å². The molecule has 0 spiro atoms. The fourth-order valence-electron chi connectivity index (χ4n) is 1.21. The minimum absolute atomic E-state index is 1.04. The van der Waals surface area contributed by atoms with Crippen molar-refractivity contribution in [2.75, 3.05) is 0 Å². The molecule has 74 valence electrons. The van der Waals surface area contributed by atoms with Gasteiger partial charge in [0.1, 0.15) is 0 Å². The van der Waals surface area contributed by atoms with Crippen molar-refractivity contribution in [3.05, 3.63) is 60.8 Å². The van der Waals surface area contributed by atoms with Crippen molar-refractivity contribution in [1.29, 1.82) is 0 Å². The lowest BCUT2D eigenvalue weighted by atomic mass is 10.2. The second kappa shape index (κ2) is 8.31.